The van der Waals surface area contributed by atoms with E-state index in [1.807, 2.05) is 13.0 Å². The van der Waals surface area contributed by atoms with Crippen LogP contribution in [-0.4, -0.2) is 49.3 Å². The van der Waals surface area contributed by atoms with Crippen LogP contribution in [0.15, 0.2) is 18.2 Å². The van der Waals surface area contributed by atoms with Crippen molar-refractivity contribution in [2.45, 2.75) is 19.4 Å². The summed E-state index contributed by atoms with van der Waals surface area (Å²) in [6.45, 7) is 5.26. The normalized spacial score (nSPS) is 21.3. The van der Waals surface area contributed by atoms with Crippen molar-refractivity contribution in [2.75, 3.05) is 38.2 Å². The molecule has 1 atom stereocenters. The van der Waals surface area contributed by atoms with E-state index in [4.69, 9.17) is 16.7 Å². The van der Waals surface area contributed by atoms with Gasteiger partial charge in [-0.05, 0) is 38.1 Å². The summed E-state index contributed by atoms with van der Waals surface area (Å²) >= 11 is 6.18. The second kappa shape index (κ2) is 5.91. The third-order valence-electron chi connectivity index (χ3n) is 3.76. The molecule has 2 rings (SSSR count). The Morgan fingerprint density at radius 3 is 2.83 bits per heavy atom. The highest BCUT2D eigenvalue weighted by molar-refractivity contribution is 6.31. The number of nitrogens with zero attached hydrogens (tertiary/aromatic N) is 2. The zero-order valence-electron chi connectivity index (χ0n) is 11.1. The molecule has 1 aromatic carbocycles. The van der Waals surface area contributed by atoms with E-state index in [1.54, 1.807) is 0 Å². The molecule has 4 heteroatoms. The quantitative estimate of drug-likeness (QED) is 0.910. The molecule has 100 valence electrons. The lowest BCUT2D eigenvalue weighted by atomic mass is 10.1. The fourth-order valence-corrected chi connectivity index (χ4v) is 2.59. The monoisotopic (exact) mass is 268 g/mol. The second-order valence-corrected chi connectivity index (χ2v) is 5.43. The minimum atomic E-state index is 0.248. The van der Waals surface area contributed by atoms with E-state index in [9.17, 15) is 0 Å². The van der Waals surface area contributed by atoms with E-state index in [2.05, 4.69) is 29.0 Å². The van der Waals surface area contributed by atoms with Gasteiger partial charge in [0.25, 0.3) is 0 Å². The van der Waals surface area contributed by atoms with Crippen LogP contribution in [-0.2, 0) is 0 Å². The van der Waals surface area contributed by atoms with Gasteiger partial charge in [-0.1, -0.05) is 17.7 Å². The van der Waals surface area contributed by atoms with E-state index in [0.717, 1.165) is 36.6 Å². The lowest BCUT2D eigenvalue weighted by Crippen LogP contribution is -2.51. The fraction of sp³-hybridized carbons (Fsp3) is 0.571. The summed E-state index contributed by atoms with van der Waals surface area (Å²) in [5, 5.41) is 9.93. The number of aliphatic hydroxyl groups excluding tert-OH is 1. The molecule has 1 aliphatic rings. The standard InChI is InChI=1S/C14H21ClN2O/c1-11-3-4-12(9-14(11)15)17-7-6-16(2)13(10-17)5-8-18/h3-4,9,13,18H,5-8,10H2,1-2H3. The van der Waals surface area contributed by atoms with Crippen molar-refractivity contribution in [3.63, 3.8) is 0 Å². The van der Waals surface area contributed by atoms with Gasteiger partial charge in [0, 0.05) is 43.0 Å². The van der Waals surface area contributed by atoms with E-state index in [1.165, 1.54) is 5.69 Å². The molecule has 0 aliphatic carbocycles. The molecule has 0 radical (unpaired) electrons. The van der Waals surface area contributed by atoms with Gasteiger partial charge in [0.1, 0.15) is 0 Å². The zero-order chi connectivity index (χ0) is 13.1. The van der Waals surface area contributed by atoms with Crippen LogP contribution >= 0.6 is 11.6 Å². The van der Waals surface area contributed by atoms with Crippen molar-refractivity contribution in [2.24, 2.45) is 0 Å². The largest absolute Gasteiger partial charge is 0.396 e. The Morgan fingerprint density at radius 2 is 2.17 bits per heavy atom. The van der Waals surface area contributed by atoms with Crippen LogP contribution in [0.4, 0.5) is 5.69 Å². The van der Waals surface area contributed by atoms with Gasteiger partial charge in [-0.2, -0.15) is 0 Å². The highest BCUT2D eigenvalue weighted by Gasteiger charge is 2.24. The van der Waals surface area contributed by atoms with Crippen molar-refractivity contribution in [1.29, 1.82) is 0 Å². The maximum Gasteiger partial charge on any atom is 0.0455 e. The summed E-state index contributed by atoms with van der Waals surface area (Å²) < 4.78 is 0. The number of piperazine rings is 1. The van der Waals surface area contributed by atoms with Crippen LogP contribution in [0.5, 0.6) is 0 Å². The third-order valence-corrected chi connectivity index (χ3v) is 4.17. The Bertz CT molecular complexity index is 411. The Balaban J connectivity index is 2.11. The number of rotatable bonds is 3. The van der Waals surface area contributed by atoms with Gasteiger partial charge in [0.2, 0.25) is 0 Å². The van der Waals surface area contributed by atoms with Gasteiger partial charge in [0.05, 0.1) is 0 Å². The van der Waals surface area contributed by atoms with Gasteiger partial charge in [0.15, 0.2) is 0 Å². The maximum absolute atomic E-state index is 9.11. The average molecular weight is 269 g/mol. The van der Waals surface area contributed by atoms with Crippen LogP contribution in [0.2, 0.25) is 5.02 Å². The molecule has 0 spiro atoms. The number of anilines is 1. The van der Waals surface area contributed by atoms with Crippen LogP contribution in [0.3, 0.4) is 0 Å². The average Bonchev–Trinajstić information content (AvgIpc) is 2.36. The summed E-state index contributed by atoms with van der Waals surface area (Å²) in [7, 11) is 2.12. The van der Waals surface area contributed by atoms with Crippen molar-refractivity contribution in [1.82, 2.24) is 4.90 Å². The molecular weight excluding hydrogens is 248 g/mol. The molecule has 1 aliphatic heterocycles. The molecule has 18 heavy (non-hydrogen) atoms. The molecule has 3 nitrogen and oxygen atoms in total. The number of benzene rings is 1. The highest BCUT2D eigenvalue weighted by atomic mass is 35.5. The Morgan fingerprint density at radius 1 is 1.39 bits per heavy atom. The summed E-state index contributed by atoms with van der Waals surface area (Å²) in [6.07, 6.45) is 0.826. The van der Waals surface area contributed by atoms with E-state index < -0.39 is 0 Å². The zero-order valence-corrected chi connectivity index (χ0v) is 11.8. The second-order valence-electron chi connectivity index (χ2n) is 5.03. The molecule has 1 unspecified atom stereocenters. The Kier molecular flexibility index (Phi) is 4.49. The van der Waals surface area contributed by atoms with Gasteiger partial charge in [-0.3, -0.25) is 4.90 Å². The predicted molar refractivity (Wildman–Crippen MR) is 76.5 cm³/mol. The van der Waals surface area contributed by atoms with E-state index in [0.29, 0.717) is 6.04 Å². The predicted octanol–water partition coefficient (Wildman–Crippen LogP) is 2.15. The molecular formula is C14H21ClN2O. The SMILES string of the molecule is Cc1ccc(N2CCN(C)C(CCO)C2)cc1Cl. The lowest BCUT2D eigenvalue weighted by molar-refractivity contribution is 0.171. The Labute approximate surface area is 114 Å². The van der Waals surface area contributed by atoms with Crippen molar-refractivity contribution in [3.05, 3.63) is 28.8 Å². The first-order valence-electron chi connectivity index (χ1n) is 6.44. The molecule has 1 N–H and O–H groups in total. The van der Waals surface area contributed by atoms with E-state index in [-0.39, 0.29) is 6.61 Å². The number of aliphatic hydroxyl groups is 1. The van der Waals surface area contributed by atoms with Crippen LogP contribution in [0.1, 0.15) is 12.0 Å². The highest BCUT2D eigenvalue weighted by Crippen LogP contribution is 2.25. The van der Waals surface area contributed by atoms with Crippen LogP contribution in [0, 0.1) is 6.92 Å². The first-order valence-corrected chi connectivity index (χ1v) is 6.82. The van der Waals surface area contributed by atoms with Crippen molar-refractivity contribution >= 4 is 17.3 Å². The molecule has 0 aromatic heterocycles. The maximum atomic E-state index is 9.11. The summed E-state index contributed by atoms with van der Waals surface area (Å²) in [5.74, 6) is 0. The summed E-state index contributed by atoms with van der Waals surface area (Å²) in [5.41, 5.74) is 2.29. The van der Waals surface area contributed by atoms with Crippen molar-refractivity contribution in [3.8, 4) is 0 Å². The summed E-state index contributed by atoms with van der Waals surface area (Å²) in [4.78, 5) is 4.67. The van der Waals surface area contributed by atoms with Crippen molar-refractivity contribution < 1.29 is 5.11 Å². The lowest BCUT2D eigenvalue weighted by Gasteiger charge is -2.40. The number of halogens is 1. The minimum absolute atomic E-state index is 0.248. The van der Waals surface area contributed by atoms with Gasteiger partial charge in [-0.25, -0.2) is 0 Å². The molecule has 0 saturated carbocycles. The number of hydrogen-bond donors (Lipinski definition) is 1. The molecule has 1 saturated heterocycles. The molecule has 1 fully saturated rings. The molecule has 1 aromatic rings. The first kappa shape index (κ1) is 13.7. The number of hydrogen-bond acceptors (Lipinski definition) is 3. The van der Waals surface area contributed by atoms with Crippen LogP contribution in [0.25, 0.3) is 0 Å². The van der Waals surface area contributed by atoms with Crippen LogP contribution < -0.4 is 4.90 Å². The van der Waals surface area contributed by atoms with Gasteiger partial charge >= 0.3 is 0 Å². The smallest absolute Gasteiger partial charge is 0.0455 e. The molecule has 0 amide bonds. The minimum Gasteiger partial charge on any atom is -0.396 e. The summed E-state index contributed by atoms with van der Waals surface area (Å²) in [6, 6.07) is 6.65. The third kappa shape index (κ3) is 2.97. The fourth-order valence-electron chi connectivity index (χ4n) is 2.42. The van der Waals surface area contributed by atoms with Gasteiger partial charge in [-0.15, -0.1) is 0 Å². The Hall–Kier alpha value is -0.770. The molecule has 1 heterocycles. The topological polar surface area (TPSA) is 26.7 Å². The van der Waals surface area contributed by atoms with E-state index >= 15 is 0 Å². The number of likely N-dealkylation sites (N-methyl/N-ethyl adjacent to an activating group) is 1. The first-order chi connectivity index (χ1) is 8.61. The molecule has 0 bridgehead atoms. The van der Waals surface area contributed by atoms with Gasteiger partial charge < -0.3 is 10.0 Å². The number of aryl methyl sites for hydroxylation is 1.